The van der Waals surface area contributed by atoms with Crippen molar-refractivity contribution >= 4 is 11.7 Å². The van der Waals surface area contributed by atoms with E-state index in [0.29, 0.717) is 29.9 Å². The molecule has 0 spiro atoms. The Balaban J connectivity index is 1.90. The number of amides is 1. The summed E-state index contributed by atoms with van der Waals surface area (Å²) in [6.07, 6.45) is 3.75. The number of ketones is 1. The third kappa shape index (κ3) is 3.85. The van der Waals surface area contributed by atoms with E-state index in [0.717, 1.165) is 30.8 Å². The lowest BCUT2D eigenvalue weighted by Crippen LogP contribution is -2.37. The van der Waals surface area contributed by atoms with Gasteiger partial charge in [-0.2, -0.15) is 0 Å². The second-order valence-electron chi connectivity index (χ2n) is 6.82. The molecule has 0 aromatic carbocycles. The molecule has 6 heteroatoms. The number of ether oxygens (including phenoxy) is 1. The van der Waals surface area contributed by atoms with Crippen LogP contribution in [-0.2, 0) is 11.3 Å². The van der Waals surface area contributed by atoms with Gasteiger partial charge >= 0.3 is 0 Å². The molecule has 0 saturated carbocycles. The summed E-state index contributed by atoms with van der Waals surface area (Å²) in [4.78, 5) is 34.3. The van der Waals surface area contributed by atoms with Crippen LogP contribution in [0.15, 0.2) is 24.4 Å². The molecule has 0 radical (unpaired) electrons. The Morgan fingerprint density at radius 3 is 2.73 bits per heavy atom. The molecule has 1 aliphatic rings. The highest BCUT2D eigenvalue weighted by Gasteiger charge is 2.28. The van der Waals surface area contributed by atoms with Gasteiger partial charge in [0.05, 0.1) is 29.6 Å². The molecule has 2 aromatic rings. The summed E-state index contributed by atoms with van der Waals surface area (Å²) in [6.45, 7) is 6.83. The topological polar surface area (TPSA) is 75.3 Å². The highest BCUT2D eigenvalue weighted by atomic mass is 16.5. The fourth-order valence-electron chi connectivity index (χ4n) is 3.52. The zero-order valence-corrected chi connectivity index (χ0v) is 15.5. The fraction of sp³-hybridized carbons (Fsp3) is 0.450. The summed E-state index contributed by atoms with van der Waals surface area (Å²) >= 11 is 0. The number of Topliss-reactive ketones (excluding diaryl/α,β-unsaturated/α-hetero) is 1. The average molecular weight is 355 g/mol. The van der Waals surface area contributed by atoms with Gasteiger partial charge in [0.2, 0.25) is 0 Å². The van der Waals surface area contributed by atoms with Gasteiger partial charge in [-0.05, 0) is 44.4 Å². The summed E-state index contributed by atoms with van der Waals surface area (Å²) in [5, 5.41) is 0. The van der Waals surface area contributed by atoms with Gasteiger partial charge in [0.1, 0.15) is 0 Å². The molecule has 1 N–H and O–H groups in total. The van der Waals surface area contributed by atoms with E-state index < -0.39 is 0 Å². The van der Waals surface area contributed by atoms with Crippen LogP contribution >= 0.6 is 0 Å². The average Bonchev–Trinajstić information content (AvgIpc) is 3.22. The number of nitrogens with zero attached hydrogens (tertiary/aromatic N) is 2. The number of hydrogen-bond donors (Lipinski definition) is 1. The number of aryl methyl sites for hydroxylation is 1. The Labute approximate surface area is 153 Å². The summed E-state index contributed by atoms with van der Waals surface area (Å²) in [7, 11) is 0. The molecule has 0 aliphatic carbocycles. The van der Waals surface area contributed by atoms with Crippen LogP contribution in [0, 0.1) is 13.8 Å². The van der Waals surface area contributed by atoms with Gasteiger partial charge in [-0.1, -0.05) is 6.07 Å². The van der Waals surface area contributed by atoms with Crippen molar-refractivity contribution in [1.29, 1.82) is 0 Å². The number of aromatic amines is 1. The van der Waals surface area contributed by atoms with Gasteiger partial charge in [0, 0.05) is 32.0 Å². The quantitative estimate of drug-likeness (QED) is 0.808. The van der Waals surface area contributed by atoms with E-state index >= 15 is 0 Å². The molecule has 1 atom stereocenters. The van der Waals surface area contributed by atoms with Crippen LogP contribution in [0.25, 0.3) is 0 Å². The molecule has 1 saturated heterocycles. The molecule has 1 fully saturated rings. The zero-order chi connectivity index (χ0) is 18.7. The smallest absolute Gasteiger partial charge is 0.256 e. The van der Waals surface area contributed by atoms with Crippen LogP contribution in [0.4, 0.5) is 0 Å². The lowest BCUT2D eigenvalue weighted by atomic mass is 10.1. The van der Waals surface area contributed by atoms with Crippen LogP contribution < -0.4 is 0 Å². The van der Waals surface area contributed by atoms with Crippen molar-refractivity contribution in [3.05, 3.63) is 52.6 Å². The second kappa shape index (κ2) is 7.83. The number of nitrogens with one attached hydrogen (secondary N) is 1. The minimum Gasteiger partial charge on any atom is -0.376 e. The number of aromatic nitrogens is 2. The van der Waals surface area contributed by atoms with Gasteiger partial charge in [-0.3, -0.25) is 14.6 Å². The predicted molar refractivity (Wildman–Crippen MR) is 98.2 cm³/mol. The predicted octanol–water partition coefficient (Wildman–Crippen LogP) is 3.05. The monoisotopic (exact) mass is 355 g/mol. The number of carbonyl (C=O) groups excluding carboxylic acids is 2. The highest BCUT2D eigenvalue weighted by molar-refractivity contribution is 6.02. The van der Waals surface area contributed by atoms with Gasteiger partial charge in [0.25, 0.3) is 5.91 Å². The minimum absolute atomic E-state index is 0.0505. The maximum absolute atomic E-state index is 13.3. The van der Waals surface area contributed by atoms with Crippen molar-refractivity contribution in [2.45, 2.75) is 46.3 Å². The molecule has 1 unspecified atom stereocenters. The molecule has 3 rings (SSSR count). The molecule has 138 valence electrons. The first-order valence-electron chi connectivity index (χ1n) is 8.98. The van der Waals surface area contributed by atoms with Crippen LogP contribution in [-0.4, -0.2) is 45.8 Å². The second-order valence-corrected chi connectivity index (χ2v) is 6.82. The van der Waals surface area contributed by atoms with E-state index in [1.165, 1.54) is 6.92 Å². The van der Waals surface area contributed by atoms with E-state index in [9.17, 15) is 9.59 Å². The summed E-state index contributed by atoms with van der Waals surface area (Å²) in [6, 6.07) is 5.68. The van der Waals surface area contributed by atoms with Gasteiger partial charge in [-0.25, -0.2) is 0 Å². The molecule has 0 bridgehead atoms. The van der Waals surface area contributed by atoms with Gasteiger partial charge in [-0.15, -0.1) is 0 Å². The van der Waals surface area contributed by atoms with Crippen LogP contribution in [0.2, 0.25) is 0 Å². The van der Waals surface area contributed by atoms with Crippen molar-refractivity contribution in [2.75, 3.05) is 13.2 Å². The largest absolute Gasteiger partial charge is 0.376 e. The first kappa shape index (κ1) is 18.3. The Bertz CT molecular complexity index is 792. The molecule has 26 heavy (non-hydrogen) atoms. The Morgan fingerprint density at radius 2 is 2.15 bits per heavy atom. The molecule has 6 nitrogen and oxygen atoms in total. The molecule has 2 aromatic heterocycles. The fourth-order valence-corrected chi connectivity index (χ4v) is 3.52. The third-order valence-electron chi connectivity index (χ3n) is 4.82. The lowest BCUT2D eigenvalue weighted by Gasteiger charge is -2.25. The number of hydrogen-bond acceptors (Lipinski definition) is 4. The van der Waals surface area contributed by atoms with Crippen molar-refractivity contribution in [3.8, 4) is 0 Å². The Kier molecular flexibility index (Phi) is 5.52. The normalized spacial score (nSPS) is 16.7. The van der Waals surface area contributed by atoms with Gasteiger partial charge in [0.15, 0.2) is 5.78 Å². The zero-order valence-electron chi connectivity index (χ0n) is 15.5. The van der Waals surface area contributed by atoms with Crippen molar-refractivity contribution in [2.24, 2.45) is 0 Å². The SMILES string of the molecule is CC(=O)c1[nH]c(C)c(C(=O)N(Cc2ccccn2)CC2CCCO2)c1C. The van der Waals surface area contributed by atoms with E-state index in [-0.39, 0.29) is 17.8 Å². The van der Waals surface area contributed by atoms with E-state index in [2.05, 4.69) is 9.97 Å². The third-order valence-corrected chi connectivity index (χ3v) is 4.82. The minimum atomic E-state index is -0.0927. The van der Waals surface area contributed by atoms with Crippen LogP contribution in [0.1, 0.15) is 57.6 Å². The number of pyridine rings is 1. The first-order chi connectivity index (χ1) is 12.5. The van der Waals surface area contributed by atoms with Crippen molar-refractivity contribution in [3.63, 3.8) is 0 Å². The van der Waals surface area contributed by atoms with Crippen LogP contribution in [0.3, 0.4) is 0 Å². The lowest BCUT2D eigenvalue weighted by molar-refractivity contribution is 0.0503. The number of rotatable bonds is 6. The Morgan fingerprint density at radius 1 is 1.35 bits per heavy atom. The molecule has 1 aliphatic heterocycles. The highest BCUT2D eigenvalue weighted by Crippen LogP contribution is 2.23. The van der Waals surface area contributed by atoms with E-state index in [1.807, 2.05) is 32.0 Å². The van der Waals surface area contributed by atoms with Gasteiger partial charge < -0.3 is 14.6 Å². The van der Waals surface area contributed by atoms with E-state index in [1.54, 1.807) is 11.1 Å². The maximum atomic E-state index is 13.3. The number of carbonyl (C=O) groups is 2. The van der Waals surface area contributed by atoms with E-state index in [4.69, 9.17) is 4.74 Å². The molecular formula is C20H25N3O3. The number of H-pyrrole nitrogens is 1. The standard InChI is InChI=1S/C20H25N3O3/c1-13-18(14(2)22-19(13)15(3)24)20(25)23(12-17-8-6-10-26-17)11-16-7-4-5-9-21-16/h4-5,7,9,17,22H,6,8,10-12H2,1-3H3. The molecule has 1 amide bonds. The summed E-state index contributed by atoms with van der Waals surface area (Å²) in [5.74, 6) is -0.162. The summed E-state index contributed by atoms with van der Waals surface area (Å²) < 4.78 is 5.73. The maximum Gasteiger partial charge on any atom is 0.256 e. The summed E-state index contributed by atoms with van der Waals surface area (Å²) in [5.41, 5.74) is 3.33. The molecular weight excluding hydrogens is 330 g/mol. The molecule has 3 heterocycles. The Hall–Kier alpha value is -2.47. The first-order valence-corrected chi connectivity index (χ1v) is 8.98. The van der Waals surface area contributed by atoms with Crippen LogP contribution in [0.5, 0.6) is 0 Å². The van der Waals surface area contributed by atoms with Crippen molar-refractivity contribution in [1.82, 2.24) is 14.9 Å². The van der Waals surface area contributed by atoms with Crippen molar-refractivity contribution < 1.29 is 14.3 Å².